The van der Waals surface area contributed by atoms with Crippen molar-refractivity contribution in [1.82, 2.24) is 15.5 Å². The lowest BCUT2D eigenvalue weighted by atomic mass is 9.97. The molecule has 140 valence electrons. The number of hydrogen-bond donors (Lipinski definition) is 2. The number of nitrogens with one attached hydrogen (secondary N) is 2. The minimum atomic E-state index is 0. The first kappa shape index (κ1) is 20.2. The van der Waals surface area contributed by atoms with Crippen LogP contribution in [0.2, 0.25) is 0 Å². The number of nitrogens with zero attached hydrogens (tertiary/aromatic N) is 2. The summed E-state index contributed by atoms with van der Waals surface area (Å²) in [6.07, 6.45) is 3.88. The van der Waals surface area contributed by atoms with Crippen LogP contribution < -0.4 is 10.6 Å². The lowest BCUT2D eigenvalue weighted by Gasteiger charge is -2.36. The van der Waals surface area contributed by atoms with Crippen LogP contribution in [0.4, 0.5) is 0 Å². The van der Waals surface area contributed by atoms with Gasteiger partial charge in [0.25, 0.3) is 0 Å². The van der Waals surface area contributed by atoms with Gasteiger partial charge >= 0.3 is 0 Å². The molecule has 0 aromatic carbocycles. The van der Waals surface area contributed by atoms with Crippen molar-refractivity contribution in [2.24, 2.45) is 16.8 Å². The van der Waals surface area contributed by atoms with Gasteiger partial charge in [-0.15, -0.1) is 24.0 Å². The molecule has 3 aliphatic rings. The Morgan fingerprint density at radius 3 is 2.54 bits per heavy atom. The molecule has 7 heteroatoms. The molecule has 2 atom stereocenters. The maximum atomic E-state index is 5.63. The molecule has 0 amide bonds. The zero-order chi connectivity index (χ0) is 15.9. The fourth-order valence-electron chi connectivity index (χ4n) is 3.42. The Labute approximate surface area is 163 Å². The van der Waals surface area contributed by atoms with E-state index in [1.165, 1.54) is 12.8 Å². The van der Waals surface area contributed by atoms with Crippen molar-refractivity contribution in [2.45, 2.75) is 32.2 Å². The van der Waals surface area contributed by atoms with Gasteiger partial charge < -0.3 is 20.1 Å². The highest BCUT2D eigenvalue weighted by atomic mass is 127. The lowest BCUT2D eigenvalue weighted by Crippen LogP contribution is -2.49. The van der Waals surface area contributed by atoms with Crippen LogP contribution in [0.25, 0.3) is 0 Å². The summed E-state index contributed by atoms with van der Waals surface area (Å²) < 4.78 is 11.1. The van der Waals surface area contributed by atoms with Crippen molar-refractivity contribution in [3.05, 3.63) is 0 Å². The zero-order valence-corrected chi connectivity index (χ0v) is 17.2. The van der Waals surface area contributed by atoms with Crippen molar-refractivity contribution in [3.8, 4) is 0 Å². The first-order valence-corrected chi connectivity index (χ1v) is 9.28. The molecule has 2 heterocycles. The van der Waals surface area contributed by atoms with Crippen LogP contribution in [0, 0.1) is 11.8 Å². The highest BCUT2D eigenvalue weighted by Crippen LogP contribution is 2.27. The van der Waals surface area contributed by atoms with Crippen LogP contribution in [-0.2, 0) is 9.47 Å². The Hall–Kier alpha value is -0.120. The van der Waals surface area contributed by atoms with E-state index in [1.807, 2.05) is 0 Å². The van der Waals surface area contributed by atoms with E-state index in [1.54, 1.807) is 0 Å². The standard InChI is InChI=1S/C17H32N4O2.HI/c1-2-18-17(19-11-14-3-4-14)20-12-16(15-5-8-23-13-15)21-6-9-22-10-7-21;/h14-16H,2-13H2,1H3,(H2,18,19,20);1H. The quantitative estimate of drug-likeness (QED) is 0.347. The topological polar surface area (TPSA) is 58.1 Å². The van der Waals surface area contributed by atoms with Gasteiger partial charge in [-0.1, -0.05) is 0 Å². The third kappa shape index (κ3) is 6.31. The van der Waals surface area contributed by atoms with Crippen LogP contribution in [0.1, 0.15) is 26.2 Å². The molecule has 2 unspecified atom stereocenters. The summed E-state index contributed by atoms with van der Waals surface area (Å²) in [7, 11) is 0. The summed E-state index contributed by atoms with van der Waals surface area (Å²) in [5.41, 5.74) is 0. The predicted octanol–water partition coefficient (Wildman–Crippen LogP) is 1.31. The number of morpholine rings is 1. The Balaban J connectivity index is 0.00000208. The van der Waals surface area contributed by atoms with E-state index in [0.29, 0.717) is 12.0 Å². The molecule has 1 aliphatic carbocycles. The second-order valence-corrected chi connectivity index (χ2v) is 6.88. The third-order valence-corrected chi connectivity index (χ3v) is 5.06. The molecule has 3 fully saturated rings. The average Bonchev–Trinajstić information content (AvgIpc) is 3.26. The van der Waals surface area contributed by atoms with E-state index in [4.69, 9.17) is 14.5 Å². The summed E-state index contributed by atoms with van der Waals surface area (Å²) in [5.74, 6) is 2.43. The molecule has 1 saturated carbocycles. The van der Waals surface area contributed by atoms with Crippen molar-refractivity contribution >= 4 is 29.9 Å². The van der Waals surface area contributed by atoms with Crippen molar-refractivity contribution in [3.63, 3.8) is 0 Å². The number of guanidine groups is 1. The number of hydrogen-bond acceptors (Lipinski definition) is 4. The smallest absolute Gasteiger partial charge is 0.191 e. The van der Waals surface area contributed by atoms with E-state index in [9.17, 15) is 0 Å². The molecule has 0 spiro atoms. The first-order chi connectivity index (χ1) is 11.4. The van der Waals surface area contributed by atoms with Gasteiger partial charge in [-0.2, -0.15) is 0 Å². The molecule has 3 rings (SSSR count). The fraction of sp³-hybridized carbons (Fsp3) is 0.941. The average molecular weight is 452 g/mol. The molecule has 6 nitrogen and oxygen atoms in total. The molecular formula is C17H33IN4O2. The van der Waals surface area contributed by atoms with Gasteiger partial charge in [0.05, 0.1) is 26.4 Å². The van der Waals surface area contributed by atoms with Crippen molar-refractivity contribution in [1.29, 1.82) is 0 Å². The molecule has 0 bridgehead atoms. The van der Waals surface area contributed by atoms with Gasteiger partial charge in [0.15, 0.2) is 5.96 Å². The Morgan fingerprint density at radius 2 is 1.92 bits per heavy atom. The van der Waals surface area contributed by atoms with Gasteiger partial charge in [0, 0.05) is 44.7 Å². The molecule has 0 aromatic heterocycles. The fourth-order valence-corrected chi connectivity index (χ4v) is 3.42. The van der Waals surface area contributed by atoms with Crippen LogP contribution in [0.5, 0.6) is 0 Å². The zero-order valence-electron chi connectivity index (χ0n) is 14.8. The monoisotopic (exact) mass is 452 g/mol. The third-order valence-electron chi connectivity index (χ3n) is 5.06. The summed E-state index contributed by atoms with van der Waals surface area (Å²) in [6, 6.07) is 0.470. The highest BCUT2D eigenvalue weighted by molar-refractivity contribution is 14.0. The minimum absolute atomic E-state index is 0. The van der Waals surface area contributed by atoms with Crippen LogP contribution in [0.3, 0.4) is 0 Å². The van der Waals surface area contributed by atoms with Crippen molar-refractivity contribution in [2.75, 3.05) is 59.2 Å². The molecular weight excluding hydrogens is 419 g/mol. The van der Waals surface area contributed by atoms with Gasteiger partial charge in [-0.25, -0.2) is 0 Å². The second kappa shape index (κ2) is 10.8. The molecule has 2 aliphatic heterocycles. The highest BCUT2D eigenvalue weighted by Gasteiger charge is 2.31. The Morgan fingerprint density at radius 1 is 1.12 bits per heavy atom. The summed E-state index contributed by atoms with van der Waals surface area (Å²) in [5, 5.41) is 6.87. The second-order valence-electron chi connectivity index (χ2n) is 6.88. The summed E-state index contributed by atoms with van der Waals surface area (Å²) in [6.45, 7) is 10.4. The normalized spacial score (nSPS) is 26.7. The van der Waals surface area contributed by atoms with Gasteiger partial charge in [-0.05, 0) is 32.1 Å². The largest absolute Gasteiger partial charge is 0.381 e. The Bertz CT molecular complexity index is 381. The van der Waals surface area contributed by atoms with E-state index in [2.05, 4.69) is 22.5 Å². The van der Waals surface area contributed by atoms with Crippen LogP contribution in [-0.4, -0.2) is 76.1 Å². The van der Waals surface area contributed by atoms with E-state index < -0.39 is 0 Å². The molecule has 0 radical (unpaired) electrons. The SMILES string of the molecule is CCNC(=NCC(C1CCOC1)N1CCOCC1)NCC1CC1.I. The first-order valence-electron chi connectivity index (χ1n) is 9.28. The molecule has 0 aromatic rings. The number of ether oxygens (including phenoxy) is 2. The summed E-state index contributed by atoms with van der Waals surface area (Å²) in [4.78, 5) is 7.44. The van der Waals surface area contributed by atoms with E-state index >= 15 is 0 Å². The maximum Gasteiger partial charge on any atom is 0.191 e. The number of halogens is 1. The predicted molar refractivity (Wildman–Crippen MR) is 107 cm³/mol. The molecule has 2 saturated heterocycles. The van der Waals surface area contributed by atoms with E-state index in [0.717, 1.165) is 77.4 Å². The maximum absolute atomic E-state index is 5.63. The van der Waals surface area contributed by atoms with E-state index in [-0.39, 0.29) is 24.0 Å². The van der Waals surface area contributed by atoms with Gasteiger partial charge in [-0.3, -0.25) is 9.89 Å². The Kier molecular flexibility index (Phi) is 9.07. The van der Waals surface area contributed by atoms with Gasteiger partial charge in [0.2, 0.25) is 0 Å². The van der Waals surface area contributed by atoms with Crippen LogP contribution in [0.15, 0.2) is 4.99 Å². The minimum Gasteiger partial charge on any atom is -0.381 e. The van der Waals surface area contributed by atoms with Crippen molar-refractivity contribution < 1.29 is 9.47 Å². The lowest BCUT2D eigenvalue weighted by molar-refractivity contribution is 0.00368. The number of rotatable bonds is 7. The van der Waals surface area contributed by atoms with Crippen LogP contribution >= 0.6 is 24.0 Å². The molecule has 2 N–H and O–H groups in total. The van der Waals surface area contributed by atoms with Gasteiger partial charge in [0.1, 0.15) is 0 Å². The summed E-state index contributed by atoms with van der Waals surface area (Å²) >= 11 is 0. The molecule has 24 heavy (non-hydrogen) atoms. The number of aliphatic imine (C=N–C) groups is 1.